The Morgan fingerprint density at radius 1 is 1.16 bits per heavy atom. The summed E-state index contributed by atoms with van der Waals surface area (Å²) < 4.78 is 4.34. The summed E-state index contributed by atoms with van der Waals surface area (Å²) in [5, 5.41) is 9.78. The molecule has 0 spiro atoms. The average Bonchev–Trinajstić information content (AvgIpc) is 2.71. The van der Waals surface area contributed by atoms with E-state index in [0.29, 0.717) is 6.42 Å². The van der Waals surface area contributed by atoms with Gasteiger partial charge in [0, 0.05) is 6.08 Å². The van der Waals surface area contributed by atoms with Crippen molar-refractivity contribution in [3.8, 4) is 0 Å². The lowest BCUT2D eigenvalue weighted by atomic mass is 10.0. The Bertz CT molecular complexity index is 357. The molecule has 1 aliphatic rings. The van der Waals surface area contributed by atoms with Crippen LogP contribution in [0.2, 0.25) is 0 Å². The molecule has 1 aliphatic heterocycles. The van der Waals surface area contributed by atoms with Crippen molar-refractivity contribution in [2.75, 3.05) is 0 Å². The van der Waals surface area contributed by atoms with E-state index in [9.17, 15) is 14.7 Å². The molecular weight excluding hydrogens is 244 g/mol. The van der Waals surface area contributed by atoms with Crippen LogP contribution in [0.25, 0.3) is 0 Å². The fourth-order valence-corrected chi connectivity index (χ4v) is 2.09. The smallest absolute Gasteiger partial charge is 0.344 e. The number of allylic oxidation sites excluding steroid dienone is 1. The molecule has 0 aromatic heterocycles. The van der Waals surface area contributed by atoms with Crippen LogP contribution in [-0.2, 0) is 14.3 Å². The second-order valence-electron chi connectivity index (χ2n) is 4.81. The van der Waals surface area contributed by atoms with Crippen molar-refractivity contribution in [1.29, 1.82) is 0 Å². The summed E-state index contributed by atoms with van der Waals surface area (Å²) in [6.07, 6.45) is 10.3. The Hall–Kier alpha value is -1.42. The van der Waals surface area contributed by atoms with Crippen molar-refractivity contribution in [3.05, 3.63) is 24.3 Å². The van der Waals surface area contributed by atoms with Crippen LogP contribution >= 0.6 is 0 Å². The number of cyclic esters (lactones) is 2. The summed E-state index contributed by atoms with van der Waals surface area (Å²) in [5.41, 5.74) is 0.0935. The Morgan fingerprint density at radius 2 is 1.79 bits per heavy atom. The van der Waals surface area contributed by atoms with E-state index in [4.69, 9.17) is 0 Å². The highest BCUT2D eigenvalue weighted by atomic mass is 16.6. The van der Waals surface area contributed by atoms with Gasteiger partial charge in [-0.15, -0.1) is 6.58 Å². The van der Waals surface area contributed by atoms with Crippen LogP contribution in [-0.4, -0.2) is 23.1 Å². The van der Waals surface area contributed by atoms with E-state index < -0.39 is 18.0 Å². The number of esters is 2. The molecule has 1 N–H and O–H groups in total. The molecule has 0 saturated carbocycles. The second-order valence-corrected chi connectivity index (χ2v) is 4.81. The number of carbonyl (C=O) groups excluding carboxylic acids is 2. The average molecular weight is 266 g/mol. The van der Waals surface area contributed by atoms with Crippen molar-refractivity contribution in [1.82, 2.24) is 0 Å². The number of hydrogen-bond acceptors (Lipinski definition) is 4. The van der Waals surface area contributed by atoms with Crippen molar-refractivity contribution in [2.45, 2.75) is 57.5 Å². The lowest BCUT2D eigenvalue weighted by molar-refractivity contribution is -0.151. The highest BCUT2D eigenvalue weighted by Gasteiger charge is 2.28. The van der Waals surface area contributed by atoms with E-state index in [0.717, 1.165) is 31.8 Å². The summed E-state index contributed by atoms with van der Waals surface area (Å²) in [4.78, 5) is 22.0. The standard InChI is InChI=1S/C15H22O4/c1-2-3-4-5-6-7-8-9-10-13(16)12-11-14(17)19-15(12)18/h2,11,13,16H,1,3-10H2. The van der Waals surface area contributed by atoms with Crippen molar-refractivity contribution in [2.24, 2.45) is 0 Å². The highest BCUT2D eigenvalue weighted by molar-refractivity contribution is 6.09. The molecule has 106 valence electrons. The minimum Gasteiger partial charge on any atom is -0.388 e. The molecule has 4 heteroatoms. The molecule has 1 rings (SSSR count). The van der Waals surface area contributed by atoms with Crippen LogP contribution in [0.1, 0.15) is 51.4 Å². The molecule has 4 nitrogen and oxygen atoms in total. The maximum atomic E-state index is 11.2. The van der Waals surface area contributed by atoms with Gasteiger partial charge in [-0.3, -0.25) is 0 Å². The summed E-state index contributed by atoms with van der Waals surface area (Å²) in [6, 6.07) is 0. The Morgan fingerprint density at radius 3 is 2.37 bits per heavy atom. The van der Waals surface area contributed by atoms with Gasteiger partial charge in [-0.2, -0.15) is 0 Å². The van der Waals surface area contributed by atoms with E-state index >= 15 is 0 Å². The second kappa shape index (κ2) is 8.64. The minimum atomic E-state index is -0.875. The maximum Gasteiger partial charge on any atom is 0.344 e. The first-order valence-electron chi connectivity index (χ1n) is 6.92. The van der Waals surface area contributed by atoms with E-state index in [2.05, 4.69) is 11.3 Å². The van der Waals surface area contributed by atoms with Gasteiger partial charge in [-0.1, -0.05) is 38.2 Å². The van der Waals surface area contributed by atoms with Gasteiger partial charge in [-0.05, 0) is 19.3 Å². The van der Waals surface area contributed by atoms with Gasteiger partial charge in [0.2, 0.25) is 0 Å². The number of aliphatic hydroxyl groups excluding tert-OH is 1. The van der Waals surface area contributed by atoms with E-state index in [-0.39, 0.29) is 5.57 Å². The molecule has 1 heterocycles. The molecule has 0 fully saturated rings. The third kappa shape index (κ3) is 5.83. The molecule has 0 radical (unpaired) electrons. The van der Waals surface area contributed by atoms with Gasteiger partial charge in [0.1, 0.15) is 0 Å². The number of rotatable bonds is 10. The normalized spacial score (nSPS) is 16.2. The summed E-state index contributed by atoms with van der Waals surface area (Å²) in [7, 11) is 0. The van der Waals surface area contributed by atoms with Crippen LogP contribution in [0.5, 0.6) is 0 Å². The molecule has 19 heavy (non-hydrogen) atoms. The van der Waals surface area contributed by atoms with Crippen LogP contribution in [0.3, 0.4) is 0 Å². The van der Waals surface area contributed by atoms with Gasteiger partial charge in [0.25, 0.3) is 0 Å². The van der Waals surface area contributed by atoms with Crippen LogP contribution in [0.4, 0.5) is 0 Å². The zero-order chi connectivity index (χ0) is 14.1. The summed E-state index contributed by atoms with van der Waals surface area (Å²) in [5.74, 6) is -1.39. The number of unbranched alkanes of at least 4 members (excludes halogenated alkanes) is 6. The first-order valence-corrected chi connectivity index (χ1v) is 6.92. The molecule has 0 aliphatic carbocycles. The maximum absolute atomic E-state index is 11.2. The fraction of sp³-hybridized carbons (Fsp3) is 0.600. The van der Waals surface area contributed by atoms with Gasteiger partial charge in [-0.25, -0.2) is 9.59 Å². The summed E-state index contributed by atoms with van der Waals surface area (Å²) >= 11 is 0. The third-order valence-electron chi connectivity index (χ3n) is 3.20. The molecule has 0 amide bonds. The Labute approximate surface area is 114 Å². The number of carbonyl (C=O) groups is 2. The van der Waals surface area contributed by atoms with E-state index in [1.807, 2.05) is 6.08 Å². The number of hydrogen-bond donors (Lipinski definition) is 1. The molecule has 0 aromatic carbocycles. The molecule has 0 aromatic rings. The van der Waals surface area contributed by atoms with Crippen molar-refractivity contribution >= 4 is 11.9 Å². The number of ether oxygens (including phenoxy) is 1. The molecule has 1 atom stereocenters. The fourth-order valence-electron chi connectivity index (χ4n) is 2.09. The van der Waals surface area contributed by atoms with Crippen LogP contribution in [0.15, 0.2) is 24.3 Å². The van der Waals surface area contributed by atoms with Gasteiger partial charge in [0.15, 0.2) is 0 Å². The lowest BCUT2D eigenvalue weighted by Crippen LogP contribution is -2.15. The molecule has 0 saturated heterocycles. The highest BCUT2D eigenvalue weighted by Crippen LogP contribution is 2.18. The Balaban J connectivity index is 2.06. The van der Waals surface area contributed by atoms with E-state index in [1.54, 1.807) is 0 Å². The number of aliphatic hydroxyl groups is 1. The van der Waals surface area contributed by atoms with Crippen molar-refractivity contribution in [3.63, 3.8) is 0 Å². The van der Waals surface area contributed by atoms with Gasteiger partial charge < -0.3 is 9.84 Å². The monoisotopic (exact) mass is 266 g/mol. The van der Waals surface area contributed by atoms with Crippen LogP contribution in [0, 0.1) is 0 Å². The largest absolute Gasteiger partial charge is 0.388 e. The van der Waals surface area contributed by atoms with Crippen molar-refractivity contribution < 1.29 is 19.4 Å². The molecule has 0 bridgehead atoms. The zero-order valence-electron chi connectivity index (χ0n) is 11.3. The predicted molar refractivity (Wildman–Crippen MR) is 72.3 cm³/mol. The molecular formula is C15H22O4. The van der Waals surface area contributed by atoms with E-state index in [1.165, 1.54) is 19.3 Å². The minimum absolute atomic E-state index is 0.0935. The first-order chi connectivity index (χ1) is 9.15. The molecule has 1 unspecified atom stereocenters. The zero-order valence-corrected chi connectivity index (χ0v) is 11.3. The third-order valence-corrected chi connectivity index (χ3v) is 3.20. The lowest BCUT2D eigenvalue weighted by Gasteiger charge is -2.08. The van der Waals surface area contributed by atoms with Gasteiger partial charge >= 0.3 is 11.9 Å². The topological polar surface area (TPSA) is 63.6 Å². The quantitative estimate of drug-likeness (QED) is 0.286. The predicted octanol–water partition coefficient (Wildman–Crippen LogP) is 2.66. The summed E-state index contributed by atoms with van der Waals surface area (Å²) in [6.45, 7) is 3.68. The van der Waals surface area contributed by atoms with Gasteiger partial charge in [0.05, 0.1) is 11.7 Å². The first kappa shape index (κ1) is 15.6. The SMILES string of the molecule is C=CCCCCCCCCC(O)C1=CC(=O)OC1=O. The van der Waals surface area contributed by atoms with Crippen LogP contribution < -0.4 is 0 Å². The Kier molecular flexibility index (Phi) is 7.11.